The van der Waals surface area contributed by atoms with Crippen molar-refractivity contribution in [2.24, 2.45) is 0 Å². The normalized spacial score (nSPS) is 14.1. The number of fused-ring (bicyclic) bond motifs is 1. The fraction of sp³-hybridized carbons (Fsp3) is 0.379. The Morgan fingerprint density at radius 1 is 0.950 bits per heavy atom. The molecule has 0 saturated carbocycles. The molecule has 1 aliphatic heterocycles. The molecule has 4 heterocycles. The molecule has 5 rings (SSSR count). The number of pyridine rings is 2. The van der Waals surface area contributed by atoms with Crippen molar-refractivity contribution in [2.45, 2.75) is 25.3 Å². The number of aromatic nitrogens is 4. The molecule has 11 heteroatoms. The third-order valence-electron chi connectivity index (χ3n) is 7.24. The molecular formula is C29H36FN9O. The zero-order valence-corrected chi connectivity index (χ0v) is 23.2. The summed E-state index contributed by atoms with van der Waals surface area (Å²) < 4.78 is 13.3. The van der Waals surface area contributed by atoms with Crippen molar-refractivity contribution < 1.29 is 9.50 Å². The third kappa shape index (κ3) is 6.54. The van der Waals surface area contributed by atoms with Crippen LogP contribution in [-0.2, 0) is 0 Å². The summed E-state index contributed by atoms with van der Waals surface area (Å²) in [6.45, 7) is 2.73. The zero-order chi connectivity index (χ0) is 28.1. The molecule has 0 radical (unpaired) electrons. The first-order chi connectivity index (χ1) is 19.4. The molecule has 0 unspecified atom stereocenters. The number of halogens is 1. The van der Waals surface area contributed by atoms with E-state index in [0.29, 0.717) is 53.6 Å². The lowest BCUT2D eigenvalue weighted by molar-refractivity contribution is 0.249. The summed E-state index contributed by atoms with van der Waals surface area (Å²) in [5.41, 5.74) is 2.45. The maximum atomic E-state index is 13.3. The van der Waals surface area contributed by atoms with Gasteiger partial charge < -0.3 is 30.4 Å². The van der Waals surface area contributed by atoms with E-state index in [-0.39, 0.29) is 12.4 Å². The van der Waals surface area contributed by atoms with Crippen LogP contribution in [-0.4, -0.2) is 83.4 Å². The second-order valence-corrected chi connectivity index (χ2v) is 10.3. The molecule has 0 atom stereocenters. The summed E-state index contributed by atoms with van der Waals surface area (Å²) in [7, 11) is 6.22. The standard InChI is InChI=1S/C29H36FN9O/c1-37(2)22-11-14-39(15-12-22)23-9-10-26(31-18-23)35-27-17-24-25(19-32-27)34-29(33-21-7-5-20(30)6-8-21)36-28(24)38(3)13-4-16-40/h5-10,17-19,22,40H,4,11-16H2,1-3H3,(H,31,32,35)(H,33,34,36). The molecule has 10 nitrogen and oxygen atoms in total. The molecule has 1 saturated heterocycles. The lowest BCUT2D eigenvalue weighted by atomic mass is 10.0. The number of hydrogen-bond acceptors (Lipinski definition) is 10. The number of aliphatic hydroxyl groups is 1. The number of aliphatic hydroxyl groups excluding tert-OH is 1. The van der Waals surface area contributed by atoms with E-state index in [1.807, 2.05) is 30.3 Å². The van der Waals surface area contributed by atoms with Crippen LogP contribution in [0.2, 0.25) is 0 Å². The molecule has 0 amide bonds. The van der Waals surface area contributed by atoms with Crippen molar-refractivity contribution in [3.8, 4) is 0 Å². The highest BCUT2D eigenvalue weighted by molar-refractivity contribution is 5.92. The summed E-state index contributed by atoms with van der Waals surface area (Å²) in [5.74, 6) is 2.08. The SMILES string of the molecule is CN(CCCO)c1nc(Nc2ccc(F)cc2)nc2cnc(Nc3ccc(N4CCC(N(C)C)CC4)cn3)cc12. The van der Waals surface area contributed by atoms with Crippen molar-refractivity contribution in [1.29, 1.82) is 0 Å². The Hall–Kier alpha value is -4.09. The average Bonchev–Trinajstić information content (AvgIpc) is 2.97. The monoisotopic (exact) mass is 545 g/mol. The Bertz CT molecular complexity index is 1410. The predicted octanol–water partition coefficient (Wildman–Crippen LogP) is 4.40. The van der Waals surface area contributed by atoms with E-state index >= 15 is 0 Å². The lowest BCUT2D eigenvalue weighted by Crippen LogP contribution is -2.42. The highest BCUT2D eigenvalue weighted by atomic mass is 19.1. The van der Waals surface area contributed by atoms with Crippen LogP contribution < -0.4 is 20.4 Å². The van der Waals surface area contributed by atoms with Gasteiger partial charge in [-0.05, 0) is 75.8 Å². The highest BCUT2D eigenvalue weighted by Gasteiger charge is 2.21. The molecule has 0 bridgehead atoms. The van der Waals surface area contributed by atoms with E-state index in [1.165, 1.54) is 12.1 Å². The van der Waals surface area contributed by atoms with Gasteiger partial charge in [0.1, 0.15) is 23.3 Å². The van der Waals surface area contributed by atoms with Crippen LogP contribution in [0.25, 0.3) is 10.9 Å². The number of hydrogen-bond donors (Lipinski definition) is 3. The van der Waals surface area contributed by atoms with Crippen LogP contribution in [0.3, 0.4) is 0 Å². The van der Waals surface area contributed by atoms with Gasteiger partial charge in [-0.1, -0.05) is 0 Å². The predicted molar refractivity (Wildman–Crippen MR) is 158 cm³/mol. The molecule has 3 N–H and O–H groups in total. The van der Waals surface area contributed by atoms with Crippen LogP contribution in [0.5, 0.6) is 0 Å². The van der Waals surface area contributed by atoms with E-state index in [0.717, 1.165) is 37.0 Å². The molecule has 3 aromatic heterocycles. The highest BCUT2D eigenvalue weighted by Crippen LogP contribution is 2.29. The van der Waals surface area contributed by atoms with Crippen molar-refractivity contribution in [3.05, 3.63) is 60.7 Å². The molecule has 0 aliphatic carbocycles. The lowest BCUT2D eigenvalue weighted by Gasteiger charge is -2.36. The summed E-state index contributed by atoms with van der Waals surface area (Å²) in [5, 5.41) is 16.6. The summed E-state index contributed by atoms with van der Waals surface area (Å²) in [6.07, 6.45) is 6.49. The van der Waals surface area contributed by atoms with Gasteiger partial charge in [0, 0.05) is 50.4 Å². The molecule has 1 aliphatic rings. The second kappa shape index (κ2) is 12.4. The Morgan fingerprint density at radius 2 is 1.70 bits per heavy atom. The Kier molecular flexibility index (Phi) is 8.51. The first-order valence-electron chi connectivity index (χ1n) is 13.6. The zero-order valence-electron chi connectivity index (χ0n) is 23.2. The van der Waals surface area contributed by atoms with Gasteiger partial charge in [-0.25, -0.2) is 19.3 Å². The topological polar surface area (TPSA) is 106 Å². The van der Waals surface area contributed by atoms with Gasteiger partial charge in [0.15, 0.2) is 0 Å². The van der Waals surface area contributed by atoms with Crippen LogP contribution in [0, 0.1) is 5.82 Å². The fourth-order valence-electron chi connectivity index (χ4n) is 4.93. The van der Waals surface area contributed by atoms with Crippen molar-refractivity contribution in [3.63, 3.8) is 0 Å². The van der Waals surface area contributed by atoms with E-state index < -0.39 is 0 Å². The fourth-order valence-corrected chi connectivity index (χ4v) is 4.93. The first kappa shape index (κ1) is 27.5. The minimum absolute atomic E-state index is 0.0811. The molecule has 40 heavy (non-hydrogen) atoms. The van der Waals surface area contributed by atoms with Gasteiger partial charge in [-0.2, -0.15) is 4.98 Å². The average molecular weight is 546 g/mol. The third-order valence-corrected chi connectivity index (χ3v) is 7.24. The largest absolute Gasteiger partial charge is 0.396 e. The Labute approximate surface area is 233 Å². The molecule has 4 aromatic rings. The van der Waals surface area contributed by atoms with Gasteiger partial charge >= 0.3 is 0 Å². The summed E-state index contributed by atoms with van der Waals surface area (Å²) in [4.78, 5) is 25.3. The summed E-state index contributed by atoms with van der Waals surface area (Å²) in [6, 6.07) is 12.6. The van der Waals surface area contributed by atoms with Crippen LogP contribution >= 0.6 is 0 Å². The smallest absolute Gasteiger partial charge is 0.229 e. The van der Waals surface area contributed by atoms with Gasteiger partial charge in [0.2, 0.25) is 5.95 Å². The minimum atomic E-state index is -0.313. The Morgan fingerprint density at radius 3 is 2.38 bits per heavy atom. The summed E-state index contributed by atoms with van der Waals surface area (Å²) >= 11 is 0. The number of benzene rings is 1. The molecule has 1 aromatic carbocycles. The van der Waals surface area contributed by atoms with Crippen LogP contribution in [0.1, 0.15) is 19.3 Å². The van der Waals surface area contributed by atoms with Crippen molar-refractivity contribution in [2.75, 3.05) is 67.8 Å². The second-order valence-electron chi connectivity index (χ2n) is 10.3. The van der Waals surface area contributed by atoms with Gasteiger partial charge in [-0.15, -0.1) is 0 Å². The quantitative estimate of drug-likeness (QED) is 0.266. The van der Waals surface area contributed by atoms with E-state index in [4.69, 9.17) is 4.98 Å². The number of anilines is 6. The number of piperidine rings is 1. The van der Waals surface area contributed by atoms with Crippen LogP contribution in [0.4, 0.5) is 39.2 Å². The van der Waals surface area contributed by atoms with E-state index in [9.17, 15) is 9.50 Å². The first-order valence-corrected chi connectivity index (χ1v) is 13.6. The van der Waals surface area contributed by atoms with E-state index in [2.05, 4.69) is 55.5 Å². The van der Waals surface area contributed by atoms with Gasteiger partial charge in [-0.3, -0.25) is 0 Å². The molecule has 210 valence electrons. The minimum Gasteiger partial charge on any atom is -0.396 e. The number of nitrogens with one attached hydrogen (secondary N) is 2. The maximum absolute atomic E-state index is 13.3. The molecular weight excluding hydrogens is 509 g/mol. The van der Waals surface area contributed by atoms with Crippen LogP contribution in [0.15, 0.2) is 54.9 Å². The maximum Gasteiger partial charge on any atom is 0.229 e. The molecule has 0 spiro atoms. The number of rotatable bonds is 10. The van der Waals surface area contributed by atoms with Gasteiger partial charge in [0.05, 0.1) is 23.6 Å². The molecule has 1 fully saturated rings. The van der Waals surface area contributed by atoms with Crippen molar-refractivity contribution in [1.82, 2.24) is 24.8 Å². The van der Waals surface area contributed by atoms with E-state index in [1.54, 1.807) is 18.3 Å². The Balaban J connectivity index is 1.36. The number of nitrogens with zero attached hydrogens (tertiary/aromatic N) is 7. The van der Waals surface area contributed by atoms with Crippen molar-refractivity contribution >= 4 is 45.7 Å². The van der Waals surface area contributed by atoms with Gasteiger partial charge in [0.25, 0.3) is 0 Å².